The van der Waals surface area contributed by atoms with Crippen molar-refractivity contribution in [2.45, 2.75) is 0 Å². The highest BCUT2D eigenvalue weighted by atomic mass is 16.4. The monoisotopic (exact) mass is 194 g/mol. The maximum absolute atomic E-state index is 9.99. The first-order valence-corrected chi connectivity index (χ1v) is 3.77. The molecule has 14 heavy (non-hydrogen) atoms. The number of carbonyl (C=O) groups is 2. The second-order valence-corrected chi connectivity index (χ2v) is 2.16. The Morgan fingerprint density at radius 2 is 0.929 bits per heavy atom. The summed E-state index contributed by atoms with van der Waals surface area (Å²) in [5.41, 5.74) is 0. The van der Waals surface area contributed by atoms with E-state index in [1.54, 1.807) is 12.2 Å². The first kappa shape index (κ1) is 11.9. The zero-order valence-corrected chi connectivity index (χ0v) is 7.33. The highest BCUT2D eigenvalue weighted by molar-refractivity contribution is 5.80. The zero-order chi connectivity index (χ0) is 10.8. The van der Waals surface area contributed by atoms with Crippen LogP contribution in [-0.4, -0.2) is 22.2 Å². The molecule has 0 saturated carbocycles. The van der Waals surface area contributed by atoms with Crippen molar-refractivity contribution in [3.8, 4) is 0 Å². The lowest BCUT2D eigenvalue weighted by Crippen LogP contribution is -1.84. The van der Waals surface area contributed by atoms with Crippen molar-refractivity contribution in [1.29, 1.82) is 0 Å². The highest BCUT2D eigenvalue weighted by Gasteiger charge is 1.80. The van der Waals surface area contributed by atoms with Crippen LogP contribution < -0.4 is 0 Å². The van der Waals surface area contributed by atoms with Crippen LogP contribution in [0.3, 0.4) is 0 Å². The molecule has 0 unspecified atom stereocenters. The summed E-state index contributed by atoms with van der Waals surface area (Å²) >= 11 is 0. The van der Waals surface area contributed by atoms with Gasteiger partial charge >= 0.3 is 11.9 Å². The maximum atomic E-state index is 9.99. The first-order chi connectivity index (χ1) is 6.63. The number of aliphatic carboxylic acids is 2. The van der Waals surface area contributed by atoms with Gasteiger partial charge in [-0.1, -0.05) is 36.5 Å². The number of allylic oxidation sites excluding steroid dienone is 6. The van der Waals surface area contributed by atoms with E-state index in [1.807, 2.05) is 0 Å². The quantitative estimate of drug-likeness (QED) is 0.512. The maximum Gasteiger partial charge on any atom is 0.328 e. The second-order valence-electron chi connectivity index (χ2n) is 2.16. The van der Waals surface area contributed by atoms with E-state index in [1.165, 1.54) is 24.3 Å². The Labute approximate surface area is 81.2 Å². The molecule has 0 radical (unpaired) electrons. The van der Waals surface area contributed by atoms with Crippen molar-refractivity contribution in [2.75, 3.05) is 0 Å². The zero-order valence-electron chi connectivity index (χ0n) is 7.33. The third kappa shape index (κ3) is 9.90. The Bertz CT molecular complexity index is 276. The third-order valence-electron chi connectivity index (χ3n) is 1.03. The minimum absolute atomic E-state index is 0.997. The van der Waals surface area contributed by atoms with Gasteiger partial charge in [-0.2, -0.15) is 0 Å². The van der Waals surface area contributed by atoms with Crippen LogP contribution in [0.5, 0.6) is 0 Å². The fourth-order valence-corrected chi connectivity index (χ4v) is 0.532. The van der Waals surface area contributed by atoms with E-state index in [0.717, 1.165) is 12.2 Å². The third-order valence-corrected chi connectivity index (χ3v) is 1.03. The van der Waals surface area contributed by atoms with Crippen LogP contribution in [0.25, 0.3) is 0 Å². The molecule has 0 aromatic heterocycles. The molecule has 4 nitrogen and oxygen atoms in total. The van der Waals surface area contributed by atoms with Crippen molar-refractivity contribution >= 4 is 11.9 Å². The van der Waals surface area contributed by atoms with Crippen LogP contribution in [-0.2, 0) is 9.59 Å². The molecule has 0 amide bonds. The lowest BCUT2D eigenvalue weighted by Gasteiger charge is -1.75. The van der Waals surface area contributed by atoms with Gasteiger partial charge in [0.1, 0.15) is 0 Å². The van der Waals surface area contributed by atoms with Crippen LogP contribution in [0.4, 0.5) is 0 Å². The molecule has 0 heterocycles. The normalized spacial score (nSPS) is 12.3. The number of rotatable bonds is 5. The van der Waals surface area contributed by atoms with Crippen LogP contribution in [0.2, 0.25) is 0 Å². The molecule has 0 fully saturated rings. The van der Waals surface area contributed by atoms with Crippen LogP contribution in [0.15, 0.2) is 48.6 Å². The summed E-state index contributed by atoms with van der Waals surface area (Å²) in [4.78, 5) is 20.0. The van der Waals surface area contributed by atoms with Crippen molar-refractivity contribution < 1.29 is 19.8 Å². The van der Waals surface area contributed by atoms with E-state index in [2.05, 4.69) is 0 Å². The van der Waals surface area contributed by atoms with Crippen molar-refractivity contribution in [2.24, 2.45) is 0 Å². The van der Waals surface area contributed by atoms with Crippen LogP contribution >= 0.6 is 0 Å². The van der Waals surface area contributed by atoms with Gasteiger partial charge < -0.3 is 10.2 Å². The molecular weight excluding hydrogens is 184 g/mol. The van der Waals surface area contributed by atoms with E-state index in [-0.39, 0.29) is 0 Å². The van der Waals surface area contributed by atoms with Gasteiger partial charge in [-0.15, -0.1) is 0 Å². The molecule has 74 valence electrons. The average Bonchev–Trinajstić information content (AvgIpc) is 2.08. The number of hydrogen-bond donors (Lipinski definition) is 2. The van der Waals surface area contributed by atoms with E-state index in [4.69, 9.17) is 10.2 Å². The van der Waals surface area contributed by atoms with E-state index in [9.17, 15) is 9.59 Å². The number of carboxylic acid groups (broad SMARTS) is 2. The Hall–Kier alpha value is -2.10. The Morgan fingerprint density at radius 3 is 1.21 bits per heavy atom. The van der Waals surface area contributed by atoms with E-state index >= 15 is 0 Å². The van der Waals surface area contributed by atoms with E-state index < -0.39 is 11.9 Å². The van der Waals surface area contributed by atoms with Crippen molar-refractivity contribution in [3.05, 3.63) is 48.6 Å². The minimum atomic E-state index is -1.01. The minimum Gasteiger partial charge on any atom is -0.478 e. The van der Waals surface area contributed by atoms with Crippen LogP contribution in [0, 0.1) is 0 Å². The molecule has 0 aliphatic carbocycles. The Balaban J connectivity index is 3.82. The number of hydrogen-bond acceptors (Lipinski definition) is 2. The predicted octanol–water partition coefficient (Wildman–Crippen LogP) is 1.38. The van der Waals surface area contributed by atoms with Crippen LogP contribution in [0.1, 0.15) is 0 Å². The molecule has 0 spiro atoms. The van der Waals surface area contributed by atoms with Gasteiger partial charge in [0.15, 0.2) is 0 Å². The smallest absolute Gasteiger partial charge is 0.328 e. The average molecular weight is 194 g/mol. The van der Waals surface area contributed by atoms with Gasteiger partial charge in [-0.3, -0.25) is 0 Å². The summed E-state index contributed by atoms with van der Waals surface area (Å²) in [5.74, 6) is -2.02. The van der Waals surface area contributed by atoms with Gasteiger partial charge in [0.25, 0.3) is 0 Å². The van der Waals surface area contributed by atoms with E-state index in [0.29, 0.717) is 0 Å². The van der Waals surface area contributed by atoms with Gasteiger partial charge in [-0.05, 0) is 0 Å². The summed E-state index contributed by atoms with van der Waals surface area (Å²) in [6, 6.07) is 0. The van der Waals surface area contributed by atoms with Gasteiger partial charge in [-0.25, -0.2) is 9.59 Å². The van der Waals surface area contributed by atoms with Crippen molar-refractivity contribution in [3.63, 3.8) is 0 Å². The summed E-state index contributed by atoms with van der Waals surface area (Å²) in [6.45, 7) is 0. The Kier molecular flexibility index (Phi) is 6.41. The fourth-order valence-electron chi connectivity index (χ4n) is 0.532. The largest absolute Gasteiger partial charge is 0.478 e. The van der Waals surface area contributed by atoms with Gasteiger partial charge in [0.2, 0.25) is 0 Å². The summed E-state index contributed by atoms with van der Waals surface area (Å²) in [5, 5.41) is 16.4. The molecule has 0 aromatic rings. The standard InChI is InChI=1S/C10H10O4/c11-9(12)7-5-3-1-2-4-6-8-10(13)14/h1-8H,(H,11,12)(H,13,14)/b3-1+,4-2+,7-5+,8-6+. The molecule has 0 aliphatic heterocycles. The lowest BCUT2D eigenvalue weighted by molar-refractivity contribution is -0.132. The highest BCUT2D eigenvalue weighted by Crippen LogP contribution is 1.82. The first-order valence-electron chi connectivity index (χ1n) is 3.77. The Morgan fingerprint density at radius 1 is 0.643 bits per heavy atom. The predicted molar refractivity (Wildman–Crippen MR) is 51.8 cm³/mol. The van der Waals surface area contributed by atoms with Crippen molar-refractivity contribution in [1.82, 2.24) is 0 Å². The van der Waals surface area contributed by atoms with Gasteiger partial charge in [0.05, 0.1) is 0 Å². The SMILES string of the molecule is O=C(O)/C=C/C=C/C=C/C=C/C(=O)O. The topological polar surface area (TPSA) is 74.6 Å². The lowest BCUT2D eigenvalue weighted by atomic mass is 10.4. The molecule has 0 saturated heterocycles. The molecule has 0 aliphatic rings. The number of carboxylic acids is 2. The second kappa shape index (κ2) is 7.54. The van der Waals surface area contributed by atoms with Gasteiger partial charge in [0, 0.05) is 12.2 Å². The fraction of sp³-hybridized carbons (Fsp3) is 0. The molecular formula is C10H10O4. The molecule has 0 atom stereocenters. The molecule has 0 bridgehead atoms. The molecule has 4 heteroatoms. The molecule has 0 aromatic carbocycles. The summed E-state index contributed by atoms with van der Waals surface area (Å²) in [7, 11) is 0. The summed E-state index contributed by atoms with van der Waals surface area (Å²) < 4.78 is 0. The summed E-state index contributed by atoms with van der Waals surface area (Å²) in [6.07, 6.45) is 11.0. The molecule has 0 rings (SSSR count). The molecule has 2 N–H and O–H groups in total.